The van der Waals surface area contributed by atoms with Crippen molar-refractivity contribution in [3.8, 4) is 5.75 Å². The van der Waals surface area contributed by atoms with Crippen LogP contribution in [0.1, 0.15) is 0 Å². The zero-order valence-corrected chi connectivity index (χ0v) is 7.84. The minimum Gasteiger partial charge on any atom is -0.410 e. The normalized spacial score (nSPS) is 9.31. The van der Waals surface area contributed by atoms with Crippen molar-refractivity contribution in [2.45, 2.75) is 0 Å². The molecule has 70 valence electrons. The molecule has 0 bridgehead atoms. The number of para-hydroxylation sites is 1. The third kappa shape index (κ3) is 3.82. The first-order chi connectivity index (χ1) is 6.33. The molecule has 0 heterocycles. The SMILES string of the molecule is CSOOC(=N)Oc1ccccc1. The van der Waals surface area contributed by atoms with Crippen LogP contribution in [-0.2, 0) is 9.22 Å². The van der Waals surface area contributed by atoms with E-state index in [0.717, 1.165) is 12.0 Å². The van der Waals surface area contributed by atoms with Gasteiger partial charge in [0, 0.05) is 18.3 Å². The maximum Gasteiger partial charge on any atom is 0.420 e. The first-order valence-corrected chi connectivity index (χ1v) is 4.66. The molecule has 1 rings (SSSR count). The maximum atomic E-state index is 7.15. The Bertz CT molecular complexity index is 265. The Morgan fingerprint density at radius 3 is 2.62 bits per heavy atom. The Morgan fingerprint density at radius 1 is 1.31 bits per heavy atom. The molecular formula is C8H9NO3S. The van der Waals surface area contributed by atoms with E-state index in [-0.39, 0.29) is 6.08 Å². The summed E-state index contributed by atoms with van der Waals surface area (Å²) >= 11 is 0.997. The molecule has 0 spiro atoms. The number of nitrogens with one attached hydrogen (secondary N) is 1. The van der Waals surface area contributed by atoms with Crippen molar-refractivity contribution in [2.75, 3.05) is 6.26 Å². The van der Waals surface area contributed by atoms with Crippen molar-refractivity contribution in [1.82, 2.24) is 0 Å². The largest absolute Gasteiger partial charge is 0.420 e. The van der Waals surface area contributed by atoms with Gasteiger partial charge in [0.05, 0.1) is 0 Å². The topological polar surface area (TPSA) is 51.5 Å². The third-order valence-corrected chi connectivity index (χ3v) is 1.34. The van der Waals surface area contributed by atoms with Crippen molar-refractivity contribution in [3.05, 3.63) is 30.3 Å². The molecule has 1 N–H and O–H groups in total. The van der Waals surface area contributed by atoms with Crippen molar-refractivity contribution in [2.24, 2.45) is 0 Å². The highest BCUT2D eigenvalue weighted by Gasteiger charge is 2.00. The van der Waals surface area contributed by atoms with Crippen LogP contribution in [0, 0.1) is 5.41 Å². The van der Waals surface area contributed by atoms with Crippen LogP contribution in [0.4, 0.5) is 0 Å². The molecule has 0 aliphatic heterocycles. The summed E-state index contributed by atoms with van der Waals surface area (Å²) in [7, 11) is 0. The van der Waals surface area contributed by atoms with Crippen LogP contribution in [0.25, 0.3) is 0 Å². The lowest BCUT2D eigenvalue weighted by atomic mass is 10.3. The Balaban J connectivity index is 2.37. The fourth-order valence-electron chi connectivity index (χ4n) is 0.678. The van der Waals surface area contributed by atoms with Gasteiger partial charge >= 0.3 is 6.08 Å². The van der Waals surface area contributed by atoms with E-state index in [1.54, 1.807) is 30.5 Å². The monoisotopic (exact) mass is 199 g/mol. The molecule has 0 fully saturated rings. The van der Waals surface area contributed by atoms with Gasteiger partial charge in [0.15, 0.2) is 0 Å². The minimum atomic E-state index is -0.388. The number of benzene rings is 1. The number of hydrogen-bond donors (Lipinski definition) is 1. The molecule has 0 amide bonds. The summed E-state index contributed by atoms with van der Waals surface area (Å²) in [5.74, 6) is 0.539. The van der Waals surface area contributed by atoms with Crippen LogP contribution >= 0.6 is 12.0 Å². The summed E-state index contributed by atoms with van der Waals surface area (Å²) in [4.78, 5) is 4.42. The Kier molecular flexibility index (Phi) is 4.14. The highest BCUT2D eigenvalue weighted by Crippen LogP contribution is 2.09. The van der Waals surface area contributed by atoms with Gasteiger partial charge in [-0.1, -0.05) is 18.2 Å². The molecule has 0 saturated heterocycles. The number of hydrogen-bond acceptors (Lipinski definition) is 5. The van der Waals surface area contributed by atoms with E-state index >= 15 is 0 Å². The van der Waals surface area contributed by atoms with Crippen LogP contribution in [-0.4, -0.2) is 12.3 Å². The molecule has 0 aromatic heterocycles. The van der Waals surface area contributed by atoms with Gasteiger partial charge in [-0.25, -0.2) is 5.41 Å². The standard InChI is InChI=1S/C8H9NO3S/c1-13-12-11-8(9)10-7-5-3-2-4-6-7/h2-6,9H,1H3. The van der Waals surface area contributed by atoms with Crippen molar-refractivity contribution in [1.29, 1.82) is 5.41 Å². The lowest BCUT2D eigenvalue weighted by molar-refractivity contribution is -0.114. The average molecular weight is 199 g/mol. The van der Waals surface area contributed by atoms with Gasteiger partial charge in [0.1, 0.15) is 5.75 Å². The first kappa shape index (κ1) is 9.88. The van der Waals surface area contributed by atoms with Crippen molar-refractivity contribution < 1.29 is 14.0 Å². The second-order valence-electron chi connectivity index (χ2n) is 2.02. The predicted octanol–water partition coefficient (Wildman–Crippen LogP) is 2.23. The van der Waals surface area contributed by atoms with Crippen molar-refractivity contribution in [3.63, 3.8) is 0 Å². The maximum absolute atomic E-state index is 7.15. The summed E-state index contributed by atoms with van der Waals surface area (Å²) in [6.45, 7) is 0. The van der Waals surface area contributed by atoms with Gasteiger partial charge in [-0.15, -0.1) is 4.33 Å². The van der Waals surface area contributed by atoms with Crippen LogP contribution in [0.5, 0.6) is 5.75 Å². The van der Waals surface area contributed by atoms with E-state index in [2.05, 4.69) is 9.22 Å². The van der Waals surface area contributed by atoms with E-state index in [1.165, 1.54) is 0 Å². The summed E-state index contributed by atoms with van der Waals surface area (Å²) in [5, 5.41) is 7.15. The third-order valence-electron chi connectivity index (χ3n) is 1.13. The van der Waals surface area contributed by atoms with Crippen LogP contribution in [0.3, 0.4) is 0 Å². The van der Waals surface area contributed by atoms with E-state index in [1.807, 2.05) is 6.07 Å². The summed E-state index contributed by atoms with van der Waals surface area (Å²) in [5.41, 5.74) is 0. The molecule has 4 nitrogen and oxygen atoms in total. The second kappa shape index (κ2) is 5.45. The molecule has 5 heteroatoms. The molecular weight excluding hydrogens is 190 g/mol. The summed E-state index contributed by atoms with van der Waals surface area (Å²) in [6.07, 6.45) is 1.29. The molecule has 13 heavy (non-hydrogen) atoms. The van der Waals surface area contributed by atoms with Gasteiger partial charge in [-0.2, -0.15) is 0 Å². The van der Waals surface area contributed by atoms with E-state index in [4.69, 9.17) is 10.1 Å². The van der Waals surface area contributed by atoms with E-state index in [0.29, 0.717) is 5.75 Å². The lowest BCUT2D eigenvalue weighted by Crippen LogP contribution is -2.09. The lowest BCUT2D eigenvalue weighted by Gasteiger charge is -2.04. The first-order valence-electron chi connectivity index (χ1n) is 3.51. The van der Waals surface area contributed by atoms with Gasteiger partial charge in [-0.05, 0) is 12.1 Å². The summed E-state index contributed by atoms with van der Waals surface area (Å²) in [6, 6.07) is 8.90. The van der Waals surface area contributed by atoms with Gasteiger partial charge in [0.25, 0.3) is 0 Å². The Morgan fingerprint density at radius 2 is 2.00 bits per heavy atom. The molecule has 0 atom stereocenters. The Labute approximate surface area is 80.4 Å². The highest BCUT2D eigenvalue weighted by molar-refractivity contribution is 7.93. The van der Waals surface area contributed by atoms with Gasteiger partial charge in [0.2, 0.25) is 0 Å². The second-order valence-corrected chi connectivity index (χ2v) is 2.49. The molecule has 1 aromatic carbocycles. The molecule has 0 radical (unpaired) electrons. The van der Waals surface area contributed by atoms with Gasteiger partial charge in [-0.3, -0.25) is 4.89 Å². The summed E-state index contributed by atoms with van der Waals surface area (Å²) < 4.78 is 9.37. The number of ether oxygens (including phenoxy) is 1. The molecule has 0 unspecified atom stereocenters. The fourth-order valence-corrected chi connectivity index (χ4v) is 0.807. The Hall–Kier alpha value is -1.20. The molecule has 0 aliphatic rings. The van der Waals surface area contributed by atoms with Crippen molar-refractivity contribution >= 4 is 18.1 Å². The highest BCUT2D eigenvalue weighted by atomic mass is 32.2. The zero-order valence-electron chi connectivity index (χ0n) is 7.02. The average Bonchev–Trinajstić information content (AvgIpc) is 2.16. The molecule has 0 aliphatic carbocycles. The smallest absolute Gasteiger partial charge is 0.410 e. The van der Waals surface area contributed by atoms with E-state index < -0.39 is 0 Å². The van der Waals surface area contributed by atoms with Crippen LogP contribution in [0.2, 0.25) is 0 Å². The van der Waals surface area contributed by atoms with Crippen LogP contribution in [0.15, 0.2) is 30.3 Å². The quantitative estimate of drug-likeness (QED) is 0.266. The molecule has 0 saturated carbocycles. The predicted molar refractivity (Wildman–Crippen MR) is 50.5 cm³/mol. The fraction of sp³-hybridized carbons (Fsp3) is 0.125. The zero-order chi connectivity index (χ0) is 9.52. The minimum absolute atomic E-state index is 0.388. The van der Waals surface area contributed by atoms with Crippen LogP contribution < -0.4 is 4.74 Å². The number of rotatable bonds is 3. The molecule has 1 aromatic rings. The van der Waals surface area contributed by atoms with Gasteiger partial charge < -0.3 is 4.74 Å². The van der Waals surface area contributed by atoms with E-state index in [9.17, 15) is 0 Å².